The molecule has 6 heteroatoms. The molecule has 2 rings (SSSR count). The Morgan fingerprint density at radius 3 is 2.28 bits per heavy atom. The summed E-state index contributed by atoms with van der Waals surface area (Å²) in [5.74, 6) is -5.01. The standard InChI is InChI=1S/C12H13F3N2O/c13-8-4-7(5-9(14)10(8)15)11(18)17-6-12(16)2-1-3-12/h4-5H,1-3,6,16H2,(H,17,18). The van der Waals surface area contributed by atoms with Crippen molar-refractivity contribution in [1.29, 1.82) is 0 Å². The van der Waals surface area contributed by atoms with Crippen molar-refractivity contribution < 1.29 is 18.0 Å². The first kappa shape index (κ1) is 12.9. The van der Waals surface area contributed by atoms with Gasteiger partial charge in [-0.3, -0.25) is 4.79 Å². The van der Waals surface area contributed by atoms with E-state index in [4.69, 9.17) is 5.73 Å². The molecule has 0 aliphatic heterocycles. The van der Waals surface area contributed by atoms with Crippen LogP contribution in [-0.4, -0.2) is 18.0 Å². The van der Waals surface area contributed by atoms with Gasteiger partial charge >= 0.3 is 0 Å². The molecule has 0 aromatic heterocycles. The van der Waals surface area contributed by atoms with Crippen molar-refractivity contribution in [2.75, 3.05) is 6.54 Å². The third kappa shape index (κ3) is 2.48. The fourth-order valence-corrected chi connectivity index (χ4v) is 1.85. The fourth-order valence-electron chi connectivity index (χ4n) is 1.85. The highest BCUT2D eigenvalue weighted by Gasteiger charge is 2.32. The molecule has 1 aliphatic rings. The number of halogens is 3. The molecule has 0 saturated heterocycles. The SMILES string of the molecule is NC1(CNC(=O)c2cc(F)c(F)c(F)c2)CCC1. The summed E-state index contributed by atoms with van der Waals surface area (Å²) in [7, 11) is 0. The monoisotopic (exact) mass is 258 g/mol. The van der Waals surface area contributed by atoms with Gasteiger partial charge in [0.2, 0.25) is 0 Å². The number of rotatable bonds is 3. The lowest BCUT2D eigenvalue weighted by Crippen LogP contribution is -2.54. The summed E-state index contributed by atoms with van der Waals surface area (Å²) in [5, 5.41) is 2.50. The van der Waals surface area contributed by atoms with Crippen LogP contribution in [0.5, 0.6) is 0 Å². The zero-order valence-electron chi connectivity index (χ0n) is 9.60. The molecule has 18 heavy (non-hydrogen) atoms. The average Bonchev–Trinajstić information content (AvgIpc) is 2.30. The first-order valence-corrected chi connectivity index (χ1v) is 5.63. The Morgan fingerprint density at radius 2 is 1.83 bits per heavy atom. The second kappa shape index (κ2) is 4.61. The van der Waals surface area contributed by atoms with E-state index in [9.17, 15) is 18.0 Å². The van der Waals surface area contributed by atoms with Crippen LogP contribution in [0.25, 0.3) is 0 Å². The van der Waals surface area contributed by atoms with Crippen LogP contribution >= 0.6 is 0 Å². The number of hydrogen-bond acceptors (Lipinski definition) is 2. The number of carbonyl (C=O) groups is 1. The molecule has 0 unspecified atom stereocenters. The molecule has 1 aromatic rings. The van der Waals surface area contributed by atoms with Gasteiger partial charge in [0.25, 0.3) is 5.91 Å². The van der Waals surface area contributed by atoms with E-state index in [2.05, 4.69) is 5.32 Å². The van der Waals surface area contributed by atoms with Crippen molar-refractivity contribution in [3.8, 4) is 0 Å². The molecule has 98 valence electrons. The summed E-state index contributed by atoms with van der Waals surface area (Å²) in [4.78, 5) is 11.6. The predicted molar refractivity (Wildman–Crippen MR) is 59.4 cm³/mol. The molecule has 0 atom stereocenters. The summed E-state index contributed by atoms with van der Waals surface area (Å²) in [6.45, 7) is 0.243. The van der Waals surface area contributed by atoms with Gasteiger partial charge in [-0.2, -0.15) is 0 Å². The molecule has 0 bridgehead atoms. The third-order valence-corrected chi connectivity index (χ3v) is 3.20. The molecule has 1 amide bonds. The summed E-state index contributed by atoms with van der Waals surface area (Å²) < 4.78 is 38.6. The minimum absolute atomic E-state index is 0.243. The summed E-state index contributed by atoms with van der Waals surface area (Å²) in [6.07, 6.45) is 2.62. The van der Waals surface area contributed by atoms with Crippen LogP contribution in [0.1, 0.15) is 29.6 Å². The molecular formula is C12H13F3N2O. The minimum atomic E-state index is -1.58. The normalized spacial score (nSPS) is 17.1. The van der Waals surface area contributed by atoms with Gasteiger partial charge in [0.15, 0.2) is 17.5 Å². The molecule has 0 spiro atoms. The summed E-state index contributed by atoms with van der Waals surface area (Å²) in [6, 6.07) is 1.33. The fraction of sp³-hybridized carbons (Fsp3) is 0.417. The van der Waals surface area contributed by atoms with Crippen LogP contribution in [0.2, 0.25) is 0 Å². The largest absolute Gasteiger partial charge is 0.350 e. The first-order valence-electron chi connectivity index (χ1n) is 5.63. The van der Waals surface area contributed by atoms with Gasteiger partial charge in [-0.15, -0.1) is 0 Å². The van der Waals surface area contributed by atoms with Gasteiger partial charge < -0.3 is 11.1 Å². The Morgan fingerprint density at radius 1 is 1.28 bits per heavy atom. The molecule has 0 heterocycles. The van der Waals surface area contributed by atoms with Crippen molar-refractivity contribution in [3.63, 3.8) is 0 Å². The minimum Gasteiger partial charge on any atom is -0.350 e. The number of amides is 1. The Hall–Kier alpha value is -1.56. The van der Waals surface area contributed by atoms with Crippen molar-refractivity contribution in [1.82, 2.24) is 5.32 Å². The summed E-state index contributed by atoms with van der Waals surface area (Å²) in [5.41, 5.74) is 5.21. The molecule has 1 aromatic carbocycles. The molecule has 0 radical (unpaired) electrons. The van der Waals surface area contributed by atoms with Crippen molar-refractivity contribution in [2.45, 2.75) is 24.8 Å². The molecule has 3 nitrogen and oxygen atoms in total. The second-order valence-electron chi connectivity index (χ2n) is 4.65. The third-order valence-electron chi connectivity index (χ3n) is 3.20. The highest BCUT2D eigenvalue weighted by molar-refractivity contribution is 5.94. The lowest BCUT2D eigenvalue weighted by Gasteiger charge is -2.38. The Labute approximate surface area is 102 Å². The maximum Gasteiger partial charge on any atom is 0.251 e. The highest BCUT2D eigenvalue weighted by Crippen LogP contribution is 2.28. The molecular weight excluding hydrogens is 245 g/mol. The van der Waals surface area contributed by atoms with Crippen LogP contribution in [0.3, 0.4) is 0 Å². The maximum atomic E-state index is 12.9. The molecule has 3 N–H and O–H groups in total. The van der Waals surface area contributed by atoms with E-state index in [-0.39, 0.29) is 12.1 Å². The predicted octanol–water partition coefficient (Wildman–Crippen LogP) is 1.72. The molecule has 1 aliphatic carbocycles. The van der Waals surface area contributed by atoms with Crippen LogP contribution in [0.15, 0.2) is 12.1 Å². The average molecular weight is 258 g/mol. The number of nitrogens with two attached hydrogens (primary N) is 1. The van der Waals surface area contributed by atoms with E-state index in [0.29, 0.717) is 12.1 Å². The van der Waals surface area contributed by atoms with E-state index in [0.717, 1.165) is 19.3 Å². The smallest absolute Gasteiger partial charge is 0.251 e. The van der Waals surface area contributed by atoms with Crippen LogP contribution in [0.4, 0.5) is 13.2 Å². The van der Waals surface area contributed by atoms with Crippen LogP contribution in [0, 0.1) is 17.5 Å². The number of hydrogen-bond donors (Lipinski definition) is 2. The highest BCUT2D eigenvalue weighted by atomic mass is 19.2. The second-order valence-corrected chi connectivity index (χ2v) is 4.65. The van der Waals surface area contributed by atoms with Gasteiger partial charge in [0, 0.05) is 17.6 Å². The first-order chi connectivity index (χ1) is 8.41. The van der Waals surface area contributed by atoms with Crippen LogP contribution < -0.4 is 11.1 Å². The quantitative estimate of drug-likeness (QED) is 0.811. The van der Waals surface area contributed by atoms with Gasteiger partial charge in [-0.25, -0.2) is 13.2 Å². The lowest BCUT2D eigenvalue weighted by molar-refractivity contribution is 0.0928. The molecule has 1 saturated carbocycles. The zero-order valence-corrected chi connectivity index (χ0v) is 9.60. The maximum absolute atomic E-state index is 12.9. The van der Waals surface area contributed by atoms with Gasteiger partial charge in [-0.05, 0) is 31.4 Å². The van der Waals surface area contributed by atoms with Gasteiger partial charge in [-0.1, -0.05) is 0 Å². The number of nitrogens with one attached hydrogen (secondary N) is 1. The molecule has 1 fully saturated rings. The van der Waals surface area contributed by atoms with Gasteiger partial charge in [0.05, 0.1) is 0 Å². The Balaban J connectivity index is 2.05. The van der Waals surface area contributed by atoms with Gasteiger partial charge in [0.1, 0.15) is 0 Å². The zero-order chi connectivity index (χ0) is 13.3. The van der Waals surface area contributed by atoms with Crippen molar-refractivity contribution >= 4 is 5.91 Å². The van der Waals surface area contributed by atoms with E-state index < -0.39 is 28.9 Å². The van der Waals surface area contributed by atoms with E-state index >= 15 is 0 Å². The topological polar surface area (TPSA) is 55.1 Å². The van der Waals surface area contributed by atoms with E-state index in [1.54, 1.807) is 0 Å². The van der Waals surface area contributed by atoms with Crippen molar-refractivity contribution in [3.05, 3.63) is 35.1 Å². The van der Waals surface area contributed by atoms with E-state index in [1.165, 1.54) is 0 Å². The number of benzene rings is 1. The summed E-state index contributed by atoms with van der Waals surface area (Å²) >= 11 is 0. The Kier molecular flexibility index (Phi) is 3.30. The van der Waals surface area contributed by atoms with Crippen LogP contribution in [-0.2, 0) is 0 Å². The lowest BCUT2D eigenvalue weighted by atomic mass is 9.78. The van der Waals surface area contributed by atoms with Crippen molar-refractivity contribution in [2.24, 2.45) is 5.73 Å². The Bertz CT molecular complexity index is 463. The number of carbonyl (C=O) groups excluding carboxylic acids is 1. The van der Waals surface area contributed by atoms with E-state index in [1.807, 2.05) is 0 Å².